The summed E-state index contributed by atoms with van der Waals surface area (Å²) in [6.45, 7) is 0. The molecule has 0 aliphatic rings. The molecule has 0 radical (unpaired) electrons. The Kier molecular flexibility index (Phi) is 4.26. The molecular formula is C14H11ClN4O3S. The molecule has 23 heavy (non-hydrogen) atoms. The number of hydrogen-bond acceptors (Lipinski definition) is 7. The van der Waals surface area contributed by atoms with Gasteiger partial charge in [0.15, 0.2) is 11.6 Å². The predicted molar refractivity (Wildman–Crippen MR) is 86.8 cm³/mol. The van der Waals surface area contributed by atoms with Crippen LogP contribution in [0.2, 0.25) is 5.02 Å². The Balaban J connectivity index is 1.79. The lowest BCUT2D eigenvalue weighted by Crippen LogP contribution is -2.11. The fourth-order valence-corrected chi connectivity index (χ4v) is 2.79. The maximum absolute atomic E-state index is 11.3. The summed E-state index contributed by atoms with van der Waals surface area (Å²) in [5.41, 5.74) is 0.246. The zero-order valence-corrected chi connectivity index (χ0v) is 13.2. The fraction of sp³-hybridized carbons (Fsp3) is 0.0714. The second-order valence-corrected chi connectivity index (χ2v) is 5.95. The largest absolute Gasteiger partial charge is 0.502 e. The number of rotatable bonds is 4. The van der Waals surface area contributed by atoms with Crippen molar-refractivity contribution in [3.63, 3.8) is 0 Å². The van der Waals surface area contributed by atoms with Gasteiger partial charge in [0.25, 0.3) is 0 Å². The van der Waals surface area contributed by atoms with Gasteiger partial charge in [-0.3, -0.25) is 4.79 Å². The van der Waals surface area contributed by atoms with Gasteiger partial charge in [-0.2, -0.15) is 0 Å². The molecule has 0 unspecified atom stereocenters. The number of benzene rings is 1. The van der Waals surface area contributed by atoms with Crippen LogP contribution in [0, 0.1) is 0 Å². The van der Waals surface area contributed by atoms with Crippen molar-refractivity contribution >= 4 is 23.4 Å². The Morgan fingerprint density at radius 2 is 2.17 bits per heavy atom. The molecule has 1 aromatic carbocycles. The van der Waals surface area contributed by atoms with E-state index < -0.39 is 11.2 Å². The Morgan fingerprint density at radius 3 is 2.91 bits per heavy atom. The maximum Gasteiger partial charge on any atom is 0.226 e. The van der Waals surface area contributed by atoms with E-state index in [0.29, 0.717) is 27.5 Å². The van der Waals surface area contributed by atoms with Crippen molar-refractivity contribution in [1.29, 1.82) is 0 Å². The molecule has 3 rings (SSSR count). The summed E-state index contributed by atoms with van der Waals surface area (Å²) in [5, 5.41) is 18.2. The van der Waals surface area contributed by atoms with Crippen LogP contribution in [-0.4, -0.2) is 20.0 Å². The minimum absolute atomic E-state index is 0.320. The molecule has 2 aromatic heterocycles. The van der Waals surface area contributed by atoms with Crippen molar-refractivity contribution in [2.45, 2.75) is 10.9 Å². The minimum atomic E-state index is -0.499. The van der Waals surface area contributed by atoms with Gasteiger partial charge < -0.3 is 15.4 Å². The quantitative estimate of drug-likeness (QED) is 0.549. The minimum Gasteiger partial charge on any atom is -0.502 e. The fourth-order valence-electron chi connectivity index (χ4n) is 1.86. The highest BCUT2D eigenvalue weighted by atomic mass is 35.5. The van der Waals surface area contributed by atoms with Crippen molar-refractivity contribution in [2.24, 2.45) is 0 Å². The van der Waals surface area contributed by atoms with Crippen molar-refractivity contribution < 1.29 is 9.52 Å². The molecule has 7 nitrogen and oxygen atoms in total. The lowest BCUT2D eigenvalue weighted by atomic mass is 10.2. The molecule has 0 fully saturated rings. The van der Waals surface area contributed by atoms with Gasteiger partial charge in [-0.15, -0.1) is 10.2 Å². The van der Waals surface area contributed by atoms with Crippen molar-refractivity contribution in [3.05, 3.63) is 57.6 Å². The molecule has 0 saturated heterocycles. The third kappa shape index (κ3) is 3.33. The zero-order valence-electron chi connectivity index (χ0n) is 11.6. The Labute approximate surface area is 139 Å². The van der Waals surface area contributed by atoms with E-state index in [0.717, 1.165) is 11.8 Å². The molecule has 118 valence electrons. The molecular weight excluding hydrogens is 340 g/mol. The molecule has 2 heterocycles. The number of nitrogen functional groups attached to an aromatic ring is 1. The van der Waals surface area contributed by atoms with Gasteiger partial charge in [0.2, 0.25) is 10.6 Å². The summed E-state index contributed by atoms with van der Waals surface area (Å²) < 4.78 is 6.46. The predicted octanol–water partition coefficient (Wildman–Crippen LogP) is 2.26. The molecule has 9 heteroatoms. The standard InChI is InChI=1S/C14H11ClN4O3S/c15-9-3-1-2-8(4-9)13-17-18-14(19(13)16)23-7-10-5-11(20)12(21)6-22-10/h1-6,21H,7,16H2. The van der Waals surface area contributed by atoms with Gasteiger partial charge in [0.1, 0.15) is 12.0 Å². The lowest BCUT2D eigenvalue weighted by molar-refractivity contribution is 0.419. The topological polar surface area (TPSA) is 107 Å². The molecule has 0 aliphatic carbocycles. The Hall–Kier alpha value is -2.45. The maximum atomic E-state index is 11.3. The highest BCUT2D eigenvalue weighted by molar-refractivity contribution is 7.98. The van der Waals surface area contributed by atoms with E-state index >= 15 is 0 Å². The number of aromatic nitrogens is 3. The molecule has 0 atom stereocenters. The Bertz CT molecular complexity index is 909. The van der Waals surface area contributed by atoms with Gasteiger partial charge in [0, 0.05) is 16.7 Å². The first-order chi connectivity index (χ1) is 11.0. The third-order valence-electron chi connectivity index (χ3n) is 2.96. The summed E-state index contributed by atoms with van der Waals surface area (Å²) in [6.07, 6.45) is 1.00. The van der Waals surface area contributed by atoms with E-state index in [2.05, 4.69) is 10.2 Å². The highest BCUT2D eigenvalue weighted by Crippen LogP contribution is 2.25. The van der Waals surface area contributed by atoms with E-state index in [1.807, 2.05) is 6.07 Å². The van der Waals surface area contributed by atoms with Crippen molar-refractivity contribution in [2.75, 3.05) is 5.84 Å². The van der Waals surface area contributed by atoms with Gasteiger partial charge >= 0.3 is 0 Å². The second-order valence-electron chi connectivity index (χ2n) is 4.57. The first kappa shape index (κ1) is 15.4. The number of nitrogens with zero attached hydrogens (tertiary/aromatic N) is 3. The summed E-state index contributed by atoms with van der Waals surface area (Å²) in [6, 6.07) is 8.33. The van der Waals surface area contributed by atoms with Crippen LogP contribution in [0.25, 0.3) is 11.4 Å². The van der Waals surface area contributed by atoms with Gasteiger partial charge in [-0.25, -0.2) is 4.68 Å². The molecule has 0 saturated carbocycles. The molecule has 3 aromatic rings. The van der Waals surface area contributed by atoms with Crippen LogP contribution < -0.4 is 11.3 Å². The van der Waals surface area contributed by atoms with Crippen molar-refractivity contribution in [3.8, 4) is 17.1 Å². The smallest absolute Gasteiger partial charge is 0.226 e. The van der Waals surface area contributed by atoms with Crippen LogP contribution in [0.1, 0.15) is 5.76 Å². The van der Waals surface area contributed by atoms with Crippen molar-refractivity contribution in [1.82, 2.24) is 14.9 Å². The van der Waals surface area contributed by atoms with E-state index in [1.165, 1.54) is 22.5 Å². The van der Waals surface area contributed by atoms with Crippen LogP contribution >= 0.6 is 23.4 Å². The van der Waals surface area contributed by atoms with Crippen LogP contribution in [0.3, 0.4) is 0 Å². The molecule has 0 spiro atoms. The zero-order chi connectivity index (χ0) is 16.4. The molecule has 0 aliphatic heterocycles. The number of hydrogen-bond donors (Lipinski definition) is 2. The summed E-state index contributed by atoms with van der Waals surface area (Å²) in [5.74, 6) is 6.76. The number of halogens is 1. The van der Waals surface area contributed by atoms with Crippen LogP contribution in [-0.2, 0) is 5.75 Å². The lowest BCUT2D eigenvalue weighted by Gasteiger charge is -2.04. The Morgan fingerprint density at radius 1 is 1.35 bits per heavy atom. The van der Waals surface area contributed by atoms with E-state index in [9.17, 15) is 4.79 Å². The van der Waals surface area contributed by atoms with Gasteiger partial charge in [-0.05, 0) is 12.1 Å². The average Bonchev–Trinajstić information content (AvgIpc) is 2.89. The normalized spacial score (nSPS) is 10.8. The summed E-state index contributed by atoms with van der Waals surface area (Å²) >= 11 is 7.21. The van der Waals surface area contributed by atoms with Gasteiger partial charge in [0.05, 0.1) is 5.75 Å². The van der Waals surface area contributed by atoms with Crippen LogP contribution in [0.5, 0.6) is 5.75 Å². The average molecular weight is 351 g/mol. The monoisotopic (exact) mass is 350 g/mol. The molecule has 0 bridgehead atoms. The third-order valence-corrected chi connectivity index (χ3v) is 4.16. The van der Waals surface area contributed by atoms with Crippen LogP contribution in [0.15, 0.2) is 51.0 Å². The van der Waals surface area contributed by atoms with E-state index in [-0.39, 0.29) is 0 Å². The number of thioether (sulfide) groups is 1. The van der Waals surface area contributed by atoms with Crippen LogP contribution in [0.4, 0.5) is 0 Å². The number of aromatic hydroxyl groups is 1. The van der Waals surface area contributed by atoms with Gasteiger partial charge in [-0.1, -0.05) is 35.5 Å². The summed E-state index contributed by atoms with van der Waals surface area (Å²) in [4.78, 5) is 11.3. The highest BCUT2D eigenvalue weighted by Gasteiger charge is 2.13. The summed E-state index contributed by atoms with van der Waals surface area (Å²) in [7, 11) is 0. The number of nitrogens with two attached hydrogens (primary N) is 1. The first-order valence-corrected chi connectivity index (χ1v) is 7.81. The second kappa shape index (κ2) is 6.35. The first-order valence-electron chi connectivity index (χ1n) is 6.44. The van der Waals surface area contributed by atoms with E-state index in [1.54, 1.807) is 18.2 Å². The molecule has 3 N–H and O–H groups in total. The van der Waals surface area contributed by atoms with E-state index in [4.69, 9.17) is 27.0 Å². The molecule has 0 amide bonds. The SMILES string of the molecule is Nn1c(SCc2cc(=O)c(O)co2)nnc1-c1cccc(Cl)c1.